The average Bonchev–Trinajstić information content (AvgIpc) is 2.79. The summed E-state index contributed by atoms with van der Waals surface area (Å²) in [5.41, 5.74) is 2.10. The van der Waals surface area contributed by atoms with Crippen molar-refractivity contribution in [1.82, 2.24) is 5.32 Å². The summed E-state index contributed by atoms with van der Waals surface area (Å²) in [5, 5.41) is 3.30. The van der Waals surface area contributed by atoms with Crippen LogP contribution in [0.4, 0.5) is 5.69 Å². The number of ether oxygens (including phenoxy) is 1. The van der Waals surface area contributed by atoms with Gasteiger partial charge >= 0.3 is 0 Å². The van der Waals surface area contributed by atoms with E-state index >= 15 is 0 Å². The number of hydrogen-bond donors (Lipinski definition) is 1. The monoisotopic (exact) mass is 472 g/mol. The van der Waals surface area contributed by atoms with E-state index in [0.29, 0.717) is 29.2 Å². The second-order valence-corrected chi connectivity index (χ2v) is 9.50. The van der Waals surface area contributed by atoms with Crippen LogP contribution < -0.4 is 14.4 Å². The maximum absolute atomic E-state index is 13.4. The number of carbonyl (C=O) groups is 1. The minimum Gasteiger partial charge on any atom is -0.497 e. The minimum absolute atomic E-state index is 0.111. The van der Waals surface area contributed by atoms with E-state index in [1.807, 2.05) is 24.3 Å². The van der Waals surface area contributed by atoms with E-state index in [1.165, 1.54) is 12.1 Å². The van der Waals surface area contributed by atoms with Gasteiger partial charge in [0.1, 0.15) is 12.3 Å². The molecular formula is C24H25ClN2O4S. The largest absolute Gasteiger partial charge is 0.497 e. The predicted molar refractivity (Wildman–Crippen MR) is 127 cm³/mol. The Morgan fingerprint density at radius 3 is 2.34 bits per heavy atom. The fourth-order valence-electron chi connectivity index (χ4n) is 3.24. The van der Waals surface area contributed by atoms with Crippen LogP contribution in [0.5, 0.6) is 5.75 Å². The van der Waals surface area contributed by atoms with Crippen LogP contribution >= 0.6 is 11.6 Å². The third kappa shape index (κ3) is 5.81. The van der Waals surface area contributed by atoms with E-state index in [4.69, 9.17) is 16.3 Å². The summed E-state index contributed by atoms with van der Waals surface area (Å²) in [6, 6.07) is 20.5. The maximum atomic E-state index is 13.4. The number of benzene rings is 3. The lowest BCUT2D eigenvalue weighted by Gasteiger charge is -2.25. The van der Waals surface area contributed by atoms with Crippen LogP contribution in [0.25, 0.3) is 0 Å². The van der Waals surface area contributed by atoms with E-state index in [0.717, 1.165) is 15.6 Å². The number of rotatable bonds is 9. The van der Waals surface area contributed by atoms with Gasteiger partial charge in [0.05, 0.1) is 17.7 Å². The minimum atomic E-state index is -3.95. The van der Waals surface area contributed by atoms with Crippen molar-refractivity contribution in [3.05, 3.63) is 88.9 Å². The number of anilines is 1. The van der Waals surface area contributed by atoms with E-state index in [1.54, 1.807) is 50.4 Å². The highest BCUT2D eigenvalue weighted by molar-refractivity contribution is 7.92. The van der Waals surface area contributed by atoms with Crippen LogP contribution in [0.3, 0.4) is 0 Å². The molecule has 0 saturated heterocycles. The third-order valence-corrected chi connectivity index (χ3v) is 6.95. The molecule has 32 heavy (non-hydrogen) atoms. The fraction of sp³-hybridized carbons (Fsp3) is 0.208. The van der Waals surface area contributed by atoms with Gasteiger partial charge in [0.2, 0.25) is 5.91 Å². The molecule has 0 heterocycles. The molecule has 0 atom stereocenters. The van der Waals surface area contributed by atoms with Crippen molar-refractivity contribution < 1.29 is 17.9 Å². The van der Waals surface area contributed by atoms with Gasteiger partial charge in [0, 0.05) is 11.6 Å². The second-order valence-electron chi connectivity index (χ2n) is 7.20. The number of nitrogens with zero attached hydrogens (tertiary/aromatic N) is 1. The van der Waals surface area contributed by atoms with E-state index in [9.17, 15) is 13.2 Å². The molecule has 0 aliphatic carbocycles. The molecule has 0 unspecified atom stereocenters. The van der Waals surface area contributed by atoms with Gasteiger partial charge in [-0.3, -0.25) is 9.10 Å². The molecule has 0 saturated carbocycles. The first-order valence-corrected chi connectivity index (χ1v) is 11.9. The predicted octanol–water partition coefficient (Wildman–Crippen LogP) is 4.21. The van der Waals surface area contributed by atoms with Crippen molar-refractivity contribution in [3.8, 4) is 5.75 Å². The van der Waals surface area contributed by atoms with E-state index in [-0.39, 0.29) is 11.4 Å². The standard InChI is InChI=1S/C24H25ClN2O4S/c1-18-16-20(25)10-13-23(18)27(32(29,30)22-6-4-3-5-7-22)17-24(28)26-15-14-19-8-11-21(31-2)12-9-19/h3-13,16H,14-15,17H2,1-2H3,(H,26,28). The number of sulfonamides is 1. The number of aryl methyl sites for hydroxylation is 1. The van der Waals surface area contributed by atoms with Gasteiger partial charge in [-0.25, -0.2) is 8.42 Å². The number of amides is 1. The highest BCUT2D eigenvalue weighted by Gasteiger charge is 2.28. The van der Waals surface area contributed by atoms with Crippen LogP contribution in [0.1, 0.15) is 11.1 Å². The van der Waals surface area contributed by atoms with Gasteiger partial charge in [-0.15, -0.1) is 0 Å². The number of carbonyl (C=O) groups excluding carboxylic acids is 1. The molecule has 3 aromatic carbocycles. The summed E-state index contributed by atoms with van der Waals surface area (Å²) in [4.78, 5) is 12.8. The van der Waals surface area contributed by atoms with E-state index in [2.05, 4.69) is 5.32 Å². The molecule has 0 radical (unpaired) electrons. The Bertz CT molecular complexity index is 1170. The molecule has 3 aromatic rings. The van der Waals surface area contributed by atoms with Gasteiger partial charge in [-0.2, -0.15) is 0 Å². The number of methoxy groups -OCH3 is 1. The lowest BCUT2D eigenvalue weighted by atomic mass is 10.1. The summed E-state index contributed by atoms with van der Waals surface area (Å²) in [6.07, 6.45) is 0.612. The summed E-state index contributed by atoms with van der Waals surface area (Å²) >= 11 is 6.05. The first-order chi connectivity index (χ1) is 15.3. The lowest BCUT2D eigenvalue weighted by molar-refractivity contribution is -0.119. The first-order valence-electron chi connectivity index (χ1n) is 10.0. The molecule has 1 amide bonds. The zero-order chi connectivity index (χ0) is 23.1. The van der Waals surface area contributed by atoms with Crippen molar-refractivity contribution in [2.75, 3.05) is 24.5 Å². The smallest absolute Gasteiger partial charge is 0.264 e. The zero-order valence-electron chi connectivity index (χ0n) is 17.9. The summed E-state index contributed by atoms with van der Waals surface area (Å²) < 4.78 is 33.0. The number of hydrogen-bond acceptors (Lipinski definition) is 4. The van der Waals surface area contributed by atoms with Crippen molar-refractivity contribution in [2.45, 2.75) is 18.2 Å². The molecule has 0 bridgehead atoms. The third-order valence-electron chi connectivity index (χ3n) is 4.94. The molecule has 0 aliphatic heterocycles. The quantitative estimate of drug-likeness (QED) is 0.506. The molecule has 0 aliphatic rings. The zero-order valence-corrected chi connectivity index (χ0v) is 19.5. The van der Waals surface area contributed by atoms with Gasteiger partial charge in [0.15, 0.2) is 0 Å². The van der Waals surface area contributed by atoms with Crippen molar-refractivity contribution in [2.24, 2.45) is 0 Å². The second kappa shape index (κ2) is 10.5. The molecule has 0 fully saturated rings. The van der Waals surface area contributed by atoms with Crippen molar-refractivity contribution in [3.63, 3.8) is 0 Å². The highest BCUT2D eigenvalue weighted by Crippen LogP contribution is 2.28. The molecular weight excluding hydrogens is 448 g/mol. The van der Waals surface area contributed by atoms with Crippen LogP contribution in [0.2, 0.25) is 5.02 Å². The van der Waals surface area contributed by atoms with E-state index < -0.39 is 15.9 Å². The Morgan fingerprint density at radius 1 is 1.03 bits per heavy atom. The molecule has 8 heteroatoms. The van der Waals surface area contributed by atoms with Crippen LogP contribution in [-0.2, 0) is 21.2 Å². The average molecular weight is 473 g/mol. The fourth-order valence-corrected chi connectivity index (χ4v) is 4.98. The Balaban J connectivity index is 1.77. The SMILES string of the molecule is COc1ccc(CCNC(=O)CN(c2ccc(Cl)cc2C)S(=O)(=O)c2ccccc2)cc1. The normalized spacial score (nSPS) is 11.1. The summed E-state index contributed by atoms with van der Waals surface area (Å²) in [6.45, 7) is 1.79. The topological polar surface area (TPSA) is 75.7 Å². The Hall–Kier alpha value is -3.03. The lowest BCUT2D eigenvalue weighted by Crippen LogP contribution is -2.41. The van der Waals surface area contributed by atoms with Crippen molar-refractivity contribution in [1.29, 1.82) is 0 Å². The van der Waals surface area contributed by atoms with Crippen LogP contribution in [0.15, 0.2) is 77.7 Å². The summed E-state index contributed by atoms with van der Waals surface area (Å²) in [7, 11) is -2.35. The van der Waals surface area contributed by atoms with Gasteiger partial charge in [0.25, 0.3) is 10.0 Å². The molecule has 168 valence electrons. The molecule has 3 rings (SSSR count). The van der Waals surface area contributed by atoms with Crippen LogP contribution in [-0.4, -0.2) is 34.5 Å². The molecule has 0 aromatic heterocycles. The number of nitrogens with one attached hydrogen (secondary N) is 1. The molecule has 6 nitrogen and oxygen atoms in total. The highest BCUT2D eigenvalue weighted by atomic mass is 35.5. The maximum Gasteiger partial charge on any atom is 0.264 e. The summed E-state index contributed by atoms with van der Waals surface area (Å²) in [5.74, 6) is 0.366. The Labute approximate surface area is 193 Å². The van der Waals surface area contributed by atoms with Crippen molar-refractivity contribution >= 4 is 33.2 Å². The van der Waals surface area contributed by atoms with Gasteiger partial charge < -0.3 is 10.1 Å². The van der Waals surface area contributed by atoms with Crippen LogP contribution in [0, 0.1) is 6.92 Å². The van der Waals surface area contributed by atoms with Gasteiger partial charge in [-0.1, -0.05) is 41.9 Å². The Morgan fingerprint density at radius 2 is 1.72 bits per heavy atom. The number of halogens is 1. The molecule has 0 spiro atoms. The first kappa shape index (κ1) is 23.6. The molecule has 1 N–H and O–H groups in total. The Kier molecular flexibility index (Phi) is 7.77. The van der Waals surface area contributed by atoms with Gasteiger partial charge in [-0.05, 0) is 66.9 Å².